The Morgan fingerprint density at radius 3 is 1.50 bits per heavy atom. The van der Waals surface area contributed by atoms with Gasteiger partial charge in [-0.25, -0.2) is 9.13 Å². The molecular weight excluding hydrogens is 394 g/mol. The summed E-state index contributed by atoms with van der Waals surface area (Å²) in [5.74, 6) is -0.201. The van der Waals surface area contributed by atoms with E-state index in [9.17, 15) is 17.5 Å². The van der Waals surface area contributed by atoms with Gasteiger partial charge in [0.15, 0.2) is 0 Å². The Labute approximate surface area is 139 Å². The molecule has 0 aromatic carbocycles. The number of aliphatic hydroxyl groups is 1. The van der Waals surface area contributed by atoms with Gasteiger partial charge in [-0.1, -0.05) is 0 Å². The second kappa shape index (κ2) is 10.3. The standard InChI is InChI=1S/C8H18N2O4S.H4O7P2/c11-7-5-9-1-3-10(4-2-9)6-8-15(12,13)14;1-8(2,3)7-9(4,5)6/h11H,1-8H2,(H,12,13,14);(H2,1,2,3)(H2,4,5,6). The van der Waals surface area contributed by atoms with Gasteiger partial charge in [0, 0.05) is 39.3 Å². The van der Waals surface area contributed by atoms with Crippen LogP contribution >= 0.6 is 15.6 Å². The summed E-state index contributed by atoms with van der Waals surface area (Å²) in [6.45, 7) is 4.46. The fraction of sp³-hybridized carbons (Fsp3) is 1.00. The molecule has 1 aliphatic heterocycles. The first kappa shape index (κ1) is 24.1. The quantitative estimate of drug-likeness (QED) is 0.190. The Hall–Kier alpha value is 0.0500. The van der Waals surface area contributed by atoms with Crippen molar-refractivity contribution in [2.75, 3.05) is 51.6 Å². The third-order valence-corrected chi connectivity index (χ3v) is 5.16. The second-order valence-electron chi connectivity index (χ2n) is 4.76. The molecule has 146 valence electrons. The van der Waals surface area contributed by atoms with Crippen LogP contribution in [0.4, 0.5) is 0 Å². The molecule has 0 aromatic heterocycles. The van der Waals surface area contributed by atoms with Crippen molar-refractivity contribution >= 4 is 25.8 Å². The molecule has 1 rings (SSSR count). The second-order valence-corrected chi connectivity index (χ2v) is 8.94. The van der Waals surface area contributed by atoms with Gasteiger partial charge in [0.25, 0.3) is 10.1 Å². The Kier molecular flexibility index (Phi) is 10.3. The zero-order valence-corrected chi connectivity index (χ0v) is 15.2. The molecule has 0 aliphatic carbocycles. The molecule has 1 fully saturated rings. The molecule has 0 spiro atoms. The molecule has 0 aromatic rings. The minimum atomic E-state index is -5.05. The topological polar surface area (TPSA) is 205 Å². The monoisotopic (exact) mass is 416 g/mol. The molecule has 13 nitrogen and oxygen atoms in total. The summed E-state index contributed by atoms with van der Waals surface area (Å²) in [4.78, 5) is 35.1. The minimum Gasteiger partial charge on any atom is -0.395 e. The van der Waals surface area contributed by atoms with Crippen molar-refractivity contribution in [1.82, 2.24) is 9.80 Å². The van der Waals surface area contributed by atoms with Gasteiger partial charge in [0.1, 0.15) is 0 Å². The van der Waals surface area contributed by atoms with Crippen molar-refractivity contribution in [3.63, 3.8) is 0 Å². The molecule has 0 amide bonds. The van der Waals surface area contributed by atoms with Crippen molar-refractivity contribution in [1.29, 1.82) is 0 Å². The van der Waals surface area contributed by atoms with Gasteiger partial charge in [-0.05, 0) is 0 Å². The van der Waals surface area contributed by atoms with Crippen LogP contribution in [0.3, 0.4) is 0 Å². The highest BCUT2D eigenvalue weighted by atomic mass is 32.2. The summed E-state index contributed by atoms with van der Waals surface area (Å²) in [5, 5.41) is 8.73. The van der Waals surface area contributed by atoms with E-state index in [1.807, 2.05) is 4.90 Å². The van der Waals surface area contributed by atoms with E-state index >= 15 is 0 Å². The van der Waals surface area contributed by atoms with Crippen LogP contribution in [0, 0.1) is 0 Å². The maximum atomic E-state index is 10.5. The maximum absolute atomic E-state index is 10.5. The number of piperazine rings is 1. The highest BCUT2D eigenvalue weighted by molar-refractivity contribution is 7.85. The molecule has 1 aliphatic rings. The van der Waals surface area contributed by atoms with E-state index < -0.39 is 25.8 Å². The first-order valence-corrected chi connectivity index (χ1v) is 11.2. The van der Waals surface area contributed by atoms with Crippen LogP contribution in [0.1, 0.15) is 0 Å². The lowest BCUT2D eigenvalue weighted by Crippen LogP contribution is -2.48. The molecule has 0 bridgehead atoms. The smallest absolute Gasteiger partial charge is 0.395 e. The fourth-order valence-corrected chi connectivity index (χ4v) is 3.36. The van der Waals surface area contributed by atoms with Crippen molar-refractivity contribution < 1.29 is 51.1 Å². The van der Waals surface area contributed by atoms with E-state index in [4.69, 9.17) is 29.2 Å². The number of aliphatic hydroxyl groups excluding tert-OH is 1. The predicted molar refractivity (Wildman–Crippen MR) is 81.6 cm³/mol. The van der Waals surface area contributed by atoms with Crippen LogP contribution in [0.15, 0.2) is 0 Å². The van der Waals surface area contributed by atoms with E-state index in [-0.39, 0.29) is 12.4 Å². The summed E-state index contributed by atoms with van der Waals surface area (Å²) >= 11 is 0. The predicted octanol–water partition coefficient (Wildman–Crippen LogP) is -2.33. The highest BCUT2D eigenvalue weighted by Crippen LogP contribution is 2.53. The van der Waals surface area contributed by atoms with Crippen molar-refractivity contribution in [2.45, 2.75) is 0 Å². The van der Waals surface area contributed by atoms with E-state index in [0.29, 0.717) is 13.1 Å². The number of phosphoric acid groups is 2. The van der Waals surface area contributed by atoms with Crippen LogP contribution in [-0.2, 0) is 23.6 Å². The SMILES string of the molecule is O=P(O)(O)OP(=O)(O)O.O=S(=O)(O)CCN1CCN(CCO)CC1. The molecule has 1 saturated heterocycles. The van der Waals surface area contributed by atoms with Crippen LogP contribution < -0.4 is 0 Å². The van der Waals surface area contributed by atoms with E-state index in [2.05, 4.69) is 9.21 Å². The highest BCUT2D eigenvalue weighted by Gasteiger charge is 2.27. The number of nitrogens with zero attached hydrogens (tertiary/aromatic N) is 2. The Balaban J connectivity index is 0.000000506. The van der Waals surface area contributed by atoms with Crippen LogP contribution in [0.2, 0.25) is 0 Å². The Morgan fingerprint density at radius 1 is 0.875 bits per heavy atom. The summed E-state index contributed by atoms with van der Waals surface area (Å²) < 4.78 is 51.9. The molecule has 6 N–H and O–H groups in total. The average molecular weight is 416 g/mol. The molecule has 0 radical (unpaired) electrons. The van der Waals surface area contributed by atoms with Crippen LogP contribution in [0.5, 0.6) is 0 Å². The number of hydrogen-bond donors (Lipinski definition) is 6. The summed E-state index contributed by atoms with van der Waals surface area (Å²) in [7, 11) is -13.9. The van der Waals surface area contributed by atoms with Crippen molar-refractivity contribution in [3.8, 4) is 0 Å². The molecule has 0 atom stereocenters. The third kappa shape index (κ3) is 15.6. The Morgan fingerprint density at radius 2 is 1.25 bits per heavy atom. The average Bonchev–Trinajstić information content (AvgIpc) is 2.34. The molecular formula is C8H22N2O11P2S. The summed E-state index contributed by atoms with van der Waals surface area (Å²) in [6.07, 6.45) is 0. The van der Waals surface area contributed by atoms with Crippen LogP contribution in [0.25, 0.3) is 0 Å². The first-order valence-electron chi connectivity index (χ1n) is 6.55. The number of β-amino-alcohol motifs (C(OH)–C–C–N with tert-alkyl or cyclic N) is 1. The molecule has 0 saturated carbocycles. The van der Waals surface area contributed by atoms with Gasteiger partial charge < -0.3 is 24.7 Å². The summed E-state index contributed by atoms with van der Waals surface area (Å²) in [6, 6.07) is 0. The summed E-state index contributed by atoms with van der Waals surface area (Å²) in [5.41, 5.74) is 0. The van der Waals surface area contributed by atoms with Gasteiger partial charge in [0.05, 0.1) is 12.4 Å². The zero-order chi connectivity index (χ0) is 19.0. The van der Waals surface area contributed by atoms with Crippen molar-refractivity contribution in [3.05, 3.63) is 0 Å². The zero-order valence-electron chi connectivity index (χ0n) is 12.6. The lowest BCUT2D eigenvalue weighted by molar-refractivity contribution is 0.116. The number of hydrogen-bond acceptors (Lipinski definition) is 8. The largest absolute Gasteiger partial charge is 0.478 e. The van der Waals surface area contributed by atoms with E-state index in [0.717, 1.165) is 26.2 Å². The molecule has 1 heterocycles. The van der Waals surface area contributed by atoms with Gasteiger partial charge in [-0.2, -0.15) is 12.7 Å². The van der Waals surface area contributed by atoms with Gasteiger partial charge in [-0.15, -0.1) is 0 Å². The lowest BCUT2D eigenvalue weighted by Gasteiger charge is -2.33. The molecule has 16 heteroatoms. The van der Waals surface area contributed by atoms with Gasteiger partial charge >= 0.3 is 15.6 Å². The van der Waals surface area contributed by atoms with Crippen LogP contribution in [-0.4, -0.2) is 99.1 Å². The molecule has 0 unspecified atom stereocenters. The Bertz CT molecular complexity index is 530. The number of rotatable bonds is 7. The molecule has 24 heavy (non-hydrogen) atoms. The normalized spacial score (nSPS) is 18.1. The minimum absolute atomic E-state index is 0.158. The van der Waals surface area contributed by atoms with Gasteiger partial charge in [-0.3, -0.25) is 14.4 Å². The first-order chi connectivity index (χ1) is 10.7. The lowest BCUT2D eigenvalue weighted by atomic mass is 10.3. The van der Waals surface area contributed by atoms with Crippen molar-refractivity contribution in [2.24, 2.45) is 0 Å². The van der Waals surface area contributed by atoms with E-state index in [1.54, 1.807) is 0 Å². The maximum Gasteiger partial charge on any atom is 0.478 e. The van der Waals surface area contributed by atoms with Gasteiger partial charge in [0.2, 0.25) is 0 Å². The third-order valence-electron chi connectivity index (χ3n) is 2.76. The van der Waals surface area contributed by atoms with E-state index in [1.165, 1.54) is 0 Å². The fourth-order valence-electron chi connectivity index (χ4n) is 1.76.